The van der Waals surface area contributed by atoms with E-state index in [0.29, 0.717) is 0 Å². The Balaban J connectivity index is 1.68. The van der Waals surface area contributed by atoms with Gasteiger partial charge in [-0.05, 0) is 25.0 Å². The van der Waals surface area contributed by atoms with Gasteiger partial charge in [-0.1, -0.05) is 25.1 Å². The van der Waals surface area contributed by atoms with Crippen molar-refractivity contribution >= 4 is 0 Å². The van der Waals surface area contributed by atoms with Gasteiger partial charge in [-0.3, -0.25) is 0 Å². The molecule has 1 fully saturated rings. The van der Waals surface area contributed by atoms with Crippen molar-refractivity contribution in [3.8, 4) is 5.75 Å². The van der Waals surface area contributed by atoms with Crippen LogP contribution in [0.25, 0.3) is 0 Å². The summed E-state index contributed by atoms with van der Waals surface area (Å²) in [5.74, 6) is 1.88. The molecule has 0 amide bonds. The Morgan fingerprint density at radius 3 is 2.88 bits per heavy atom. The summed E-state index contributed by atoms with van der Waals surface area (Å²) in [6, 6.07) is 10.1. The Hall–Kier alpha value is -1.02. The van der Waals surface area contributed by atoms with Gasteiger partial charge in [0.1, 0.15) is 18.9 Å². The normalized spacial score (nSPS) is 25.3. The third kappa shape index (κ3) is 3.53. The first kappa shape index (κ1) is 11.5. The SMILES string of the molecule is C[C@@H]1CCC[NH+](CCOc2ccccc2)C1. The van der Waals surface area contributed by atoms with Gasteiger partial charge in [0.25, 0.3) is 0 Å². The fourth-order valence-electron chi connectivity index (χ4n) is 2.45. The molecule has 0 aliphatic carbocycles. The maximum absolute atomic E-state index is 5.72. The van der Waals surface area contributed by atoms with Crippen molar-refractivity contribution in [2.45, 2.75) is 19.8 Å². The lowest BCUT2D eigenvalue weighted by Gasteiger charge is -2.27. The molecular weight excluding hydrogens is 198 g/mol. The third-order valence-electron chi connectivity index (χ3n) is 3.33. The van der Waals surface area contributed by atoms with Crippen LogP contribution in [-0.2, 0) is 0 Å². The zero-order chi connectivity index (χ0) is 11.2. The van der Waals surface area contributed by atoms with Crippen LogP contribution in [0, 0.1) is 5.92 Å². The molecule has 1 aliphatic rings. The predicted molar refractivity (Wildman–Crippen MR) is 65.9 cm³/mol. The van der Waals surface area contributed by atoms with E-state index in [1.165, 1.54) is 25.9 Å². The Morgan fingerprint density at radius 1 is 1.31 bits per heavy atom. The number of quaternary nitrogens is 1. The van der Waals surface area contributed by atoms with E-state index < -0.39 is 0 Å². The van der Waals surface area contributed by atoms with Crippen molar-refractivity contribution in [1.82, 2.24) is 0 Å². The summed E-state index contributed by atoms with van der Waals surface area (Å²) >= 11 is 0. The van der Waals surface area contributed by atoms with Crippen LogP contribution in [-0.4, -0.2) is 26.2 Å². The van der Waals surface area contributed by atoms with Crippen molar-refractivity contribution in [1.29, 1.82) is 0 Å². The Bertz CT molecular complexity index is 299. The number of rotatable bonds is 4. The zero-order valence-electron chi connectivity index (χ0n) is 10.1. The molecule has 1 unspecified atom stereocenters. The van der Waals surface area contributed by atoms with Gasteiger partial charge >= 0.3 is 0 Å². The Kier molecular flexibility index (Phi) is 4.23. The first-order valence-corrected chi connectivity index (χ1v) is 6.36. The monoisotopic (exact) mass is 220 g/mol. The molecule has 1 heterocycles. The van der Waals surface area contributed by atoms with Gasteiger partial charge in [-0.15, -0.1) is 0 Å². The highest BCUT2D eigenvalue weighted by Gasteiger charge is 2.18. The lowest BCUT2D eigenvalue weighted by Crippen LogP contribution is -3.14. The number of benzene rings is 1. The molecular formula is C14H22NO+. The third-order valence-corrected chi connectivity index (χ3v) is 3.33. The van der Waals surface area contributed by atoms with E-state index in [1.807, 2.05) is 30.3 Å². The number of hydrogen-bond donors (Lipinski definition) is 1. The summed E-state index contributed by atoms with van der Waals surface area (Å²) in [5.41, 5.74) is 0. The minimum absolute atomic E-state index is 0.839. The molecule has 16 heavy (non-hydrogen) atoms. The molecule has 2 rings (SSSR count). The highest BCUT2D eigenvalue weighted by Crippen LogP contribution is 2.07. The molecule has 2 atom stereocenters. The van der Waals surface area contributed by atoms with E-state index in [9.17, 15) is 0 Å². The molecule has 0 spiro atoms. The molecule has 0 aromatic heterocycles. The minimum atomic E-state index is 0.839. The van der Waals surface area contributed by atoms with Crippen LogP contribution in [0.2, 0.25) is 0 Å². The molecule has 1 saturated heterocycles. The number of hydrogen-bond acceptors (Lipinski definition) is 1. The first-order valence-electron chi connectivity index (χ1n) is 6.36. The van der Waals surface area contributed by atoms with Crippen molar-refractivity contribution in [3.05, 3.63) is 30.3 Å². The van der Waals surface area contributed by atoms with Crippen LogP contribution < -0.4 is 9.64 Å². The Labute approximate surface area is 98.2 Å². The molecule has 1 aliphatic heterocycles. The van der Waals surface area contributed by atoms with Gasteiger partial charge in [0.05, 0.1) is 13.1 Å². The summed E-state index contributed by atoms with van der Waals surface area (Å²) in [7, 11) is 0. The Morgan fingerprint density at radius 2 is 2.12 bits per heavy atom. The van der Waals surface area contributed by atoms with Gasteiger partial charge < -0.3 is 9.64 Å². The maximum atomic E-state index is 5.72. The first-order chi connectivity index (χ1) is 7.84. The van der Waals surface area contributed by atoms with E-state index in [-0.39, 0.29) is 0 Å². The molecule has 0 bridgehead atoms. The lowest BCUT2D eigenvalue weighted by atomic mass is 10.0. The van der Waals surface area contributed by atoms with Gasteiger partial charge in [-0.25, -0.2) is 0 Å². The van der Waals surface area contributed by atoms with Crippen LogP contribution >= 0.6 is 0 Å². The van der Waals surface area contributed by atoms with E-state index in [4.69, 9.17) is 4.74 Å². The van der Waals surface area contributed by atoms with Gasteiger partial charge in [0, 0.05) is 5.92 Å². The summed E-state index contributed by atoms with van der Waals surface area (Å²) in [5, 5.41) is 0. The van der Waals surface area contributed by atoms with Crippen LogP contribution in [0.15, 0.2) is 30.3 Å². The molecule has 2 nitrogen and oxygen atoms in total. The molecule has 88 valence electrons. The van der Waals surface area contributed by atoms with E-state index in [0.717, 1.165) is 24.8 Å². The van der Waals surface area contributed by atoms with E-state index >= 15 is 0 Å². The zero-order valence-corrected chi connectivity index (χ0v) is 10.1. The topological polar surface area (TPSA) is 13.7 Å². The standard InChI is InChI=1S/C14H21NO/c1-13-6-5-9-15(12-13)10-11-16-14-7-3-2-4-8-14/h2-4,7-8,13H,5-6,9-12H2,1H3/p+1/t13-/m1/s1. The summed E-state index contributed by atoms with van der Waals surface area (Å²) in [4.78, 5) is 1.70. The second-order valence-corrected chi connectivity index (χ2v) is 4.86. The van der Waals surface area contributed by atoms with Crippen molar-refractivity contribution < 1.29 is 9.64 Å². The molecule has 2 heteroatoms. The van der Waals surface area contributed by atoms with Crippen molar-refractivity contribution in [2.75, 3.05) is 26.2 Å². The lowest BCUT2D eigenvalue weighted by molar-refractivity contribution is -0.908. The smallest absolute Gasteiger partial charge is 0.137 e. The summed E-state index contributed by atoms with van der Waals surface area (Å²) in [6.45, 7) is 6.98. The number of likely N-dealkylation sites (tertiary alicyclic amines) is 1. The van der Waals surface area contributed by atoms with Gasteiger partial charge in [0.2, 0.25) is 0 Å². The fourth-order valence-corrected chi connectivity index (χ4v) is 2.45. The van der Waals surface area contributed by atoms with Crippen LogP contribution in [0.3, 0.4) is 0 Å². The van der Waals surface area contributed by atoms with Crippen LogP contribution in [0.5, 0.6) is 5.75 Å². The second kappa shape index (κ2) is 5.90. The van der Waals surface area contributed by atoms with E-state index in [2.05, 4.69) is 6.92 Å². The number of nitrogens with one attached hydrogen (secondary N) is 1. The second-order valence-electron chi connectivity index (χ2n) is 4.86. The highest BCUT2D eigenvalue weighted by molar-refractivity contribution is 5.20. The largest absolute Gasteiger partial charge is 0.488 e. The summed E-state index contributed by atoms with van der Waals surface area (Å²) < 4.78 is 5.72. The molecule has 1 aromatic rings. The van der Waals surface area contributed by atoms with Crippen LogP contribution in [0.4, 0.5) is 0 Å². The minimum Gasteiger partial charge on any atom is -0.488 e. The van der Waals surface area contributed by atoms with E-state index in [1.54, 1.807) is 4.90 Å². The molecule has 1 aromatic carbocycles. The quantitative estimate of drug-likeness (QED) is 0.809. The number of piperidine rings is 1. The van der Waals surface area contributed by atoms with Crippen LogP contribution in [0.1, 0.15) is 19.8 Å². The average Bonchev–Trinajstić information content (AvgIpc) is 2.30. The highest BCUT2D eigenvalue weighted by atomic mass is 16.5. The number of ether oxygens (including phenoxy) is 1. The molecule has 1 N–H and O–H groups in total. The van der Waals surface area contributed by atoms with Gasteiger partial charge in [0.15, 0.2) is 0 Å². The fraction of sp³-hybridized carbons (Fsp3) is 0.571. The van der Waals surface area contributed by atoms with Gasteiger partial charge in [-0.2, -0.15) is 0 Å². The predicted octanol–water partition coefficient (Wildman–Crippen LogP) is 1.38. The van der Waals surface area contributed by atoms with Crippen molar-refractivity contribution in [3.63, 3.8) is 0 Å². The average molecular weight is 220 g/mol. The van der Waals surface area contributed by atoms with Crippen molar-refractivity contribution in [2.24, 2.45) is 5.92 Å². The maximum Gasteiger partial charge on any atom is 0.137 e. The summed E-state index contributed by atoms with van der Waals surface area (Å²) in [6.07, 6.45) is 2.78. The molecule has 0 radical (unpaired) electrons. The number of para-hydroxylation sites is 1. The molecule has 0 saturated carbocycles.